The molecular weight excluding hydrogens is 337 g/mol. The third kappa shape index (κ3) is 3.03. The van der Waals surface area contributed by atoms with Gasteiger partial charge < -0.3 is 5.32 Å². The molecule has 100 valence electrons. The molecule has 1 aromatic carbocycles. The lowest BCUT2D eigenvalue weighted by Gasteiger charge is -2.25. The van der Waals surface area contributed by atoms with Crippen LogP contribution in [0.4, 0.5) is 4.39 Å². The van der Waals surface area contributed by atoms with Crippen LogP contribution in [-0.2, 0) is 0 Å². The first-order valence-electron chi connectivity index (χ1n) is 6.13. The smallest absolute Gasteiger partial charge is 0.147 e. The molecule has 0 spiro atoms. The topological polar surface area (TPSA) is 12.0 Å². The maximum absolute atomic E-state index is 14.3. The first-order valence-corrected chi connectivity index (χ1v) is 8.35. The molecule has 1 heterocycles. The highest BCUT2D eigenvalue weighted by molar-refractivity contribution is 9.10. The first kappa shape index (κ1) is 14.6. The number of hydrogen-bond acceptors (Lipinski definition) is 2. The summed E-state index contributed by atoms with van der Waals surface area (Å²) in [5, 5.41) is 4.01. The quantitative estimate of drug-likeness (QED) is 0.782. The fraction of sp³-hybridized carbons (Fsp3) is 0.538. The lowest BCUT2D eigenvalue weighted by Crippen LogP contribution is -2.29. The van der Waals surface area contributed by atoms with Gasteiger partial charge in [-0.2, -0.15) is 11.8 Å². The Hall–Kier alpha value is 0.230. The zero-order chi connectivity index (χ0) is 13.1. The maximum atomic E-state index is 14.3. The number of thioether (sulfide) groups is 1. The summed E-state index contributed by atoms with van der Waals surface area (Å²) >= 11 is 11.2. The summed E-state index contributed by atoms with van der Waals surface area (Å²) in [6.45, 7) is 2.87. The zero-order valence-corrected chi connectivity index (χ0v) is 13.3. The van der Waals surface area contributed by atoms with Gasteiger partial charge in [-0.25, -0.2) is 4.39 Å². The van der Waals surface area contributed by atoms with E-state index in [2.05, 4.69) is 21.2 Å². The van der Waals surface area contributed by atoms with Crippen molar-refractivity contribution in [3.05, 3.63) is 33.0 Å². The van der Waals surface area contributed by atoms with E-state index >= 15 is 0 Å². The van der Waals surface area contributed by atoms with Gasteiger partial charge in [-0.3, -0.25) is 0 Å². The van der Waals surface area contributed by atoms with E-state index in [9.17, 15) is 4.39 Å². The fourth-order valence-electron chi connectivity index (χ4n) is 2.31. The maximum Gasteiger partial charge on any atom is 0.147 e. The molecule has 1 N–H and O–H groups in total. The molecule has 0 radical (unpaired) electrons. The van der Waals surface area contributed by atoms with Crippen molar-refractivity contribution in [3.63, 3.8) is 0 Å². The van der Waals surface area contributed by atoms with E-state index in [0.29, 0.717) is 15.3 Å². The van der Waals surface area contributed by atoms with Gasteiger partial charge in [0, 0.05) is 21.3 Å². The molecule has 0 saturated carbocycles. The van der Waals surface area contributed by atoms with Crippen LogP contribution in [0.15, 0.2) is 16.6 Å². The van der Waals surface area contributed by atoms with Crippen molar-refractivity contribution in [1.82, 2.24) is 5.32 Å². The molecule has 1 aromatic rings. The summed E-state index contributed by atoms with van der Waals surface area (Å²) in [6, 6.07) is 3.70. The molecule has 5 heteroatoms. The van der Waals surface area contributed by atoms with Gasteiger partial charge in [0.15, 0.2) is 0 Å². The van der Waals surface area contributed by atoms with Gasteiger partial charge in [-0.15, -0.1) is 0 Å². The van der Waals surface area contributed by atoms with Crippen molar-refractivity contribution >= 4 is 39.3 Å². The summed E-state index contributed by atoms with van der Waals surface area (Å²) in [5.74, 6) is 0.864. The van der Waals surface area contributed by atoms with Crippen LogP contribution in [0.5, 0.6) is 0 Å². The molecule has 0 bridgehead atoms. The monoisotopic (exact) mass is 351 g/mol. The lowest BCUT2D eigenvalue weighted by molar-refractivity contribution is 0.489. The van der Waals surface area contributed by atoms with E-state index in [1.165, 1.54) is 12.2 Å². The molecular formula is C13H16BrClFNS. The predicted molar refractivity (Wildman–Crippen MR) is 81.0 cm³/mol. The number of halogens is 3. The van der Waals surface area contributed by atoms with Gasteiger partial charge in [0.2, 0.25) is 0 Å². The second-order valence-electron chi connectivity index (χ2n) is 4.35. The Morgan fingerprint density at radius 3 is 3.00 bits per heavy atom. The van der Waals surface area contributed by atoms with Gasteiger partial charge >= 0.3 is 0 Å². The van der Waals surface area contributed by atoms with Crippen molar-refractivity contribution in [3.8, 4) is 0 Å². The largest absolute Gasteiger partial charge is 0.309 e. The molecule has 1 saturated heterocycles. The molecule has 1 fully saturated rings. The van der Waals surface area contributed by atoms with E-state index in [4.69, 9.17) is 11.6 Å². The third-order valence-corrected chi connectivity index (χ3v) is 5.88. The van der Waals surface area contributed by atoms with Crippen molar-refractivity contribution in [1.29, 1.82) is 0 Å². The summed E-state index contributed by atoms with van der Waals surface area (Å²) in [7, 11) is 0. The van der Waals surface area contributed by atoms with Crippen molar-refractivity contribution in [2.24, 2.45) is 0 Å². The zero-order valence-electron chi connectivity index (χ0n) is 10.2. The Balaban J connectivity index is 2.32. The van der Waals surface area contributed by atoms with Crippen LogP contribution in [0.1, 0.15) is 31.4 Å². The van der Waals surface area contributed by atoms with Gasteiger partial charge in [0.05, 0.1) is 5.02 Å². The molecule has 2 atom stereocenters. The SMILES string of the molecule is CCNC(c1ccc(Br)c(Cl)c1F)C1CCCS1. The molecule has 0 aliphatic carbocycles. The Bertz CT molecular complexity index is 424. The highest BCUT2D eigenvalue weighted by Crippen LogP contribution is 2.39. The summed E-state index contributed by atoms with van der Waals surface area (Å²) in [4.78, 5) is 0. The van der Waals surface area contributed by atoms with E-state index in [1.54, 1.807) is 0 Å². The number of hydrogen-bond donors (Lipinski definition) is 1. The van der Waals surface area contributed by atoms with E-state index in [-0.39, 0.29) is 16.9 Å². The predicted octanol–water partition coefficient (Wildman–Crippen LogP) is 4.79. The van der Waals surface area contributed by atoms with Gasteiger partial charge in [0.1, 0.15) is 5.82 Å². The number of benzene rings is 1. The first-order chi connectivity index (χ1) is 8.65. The highest BCUT2D eigenvalue weighted by Gasteiger charge is 2.29. The van der Waals surface area contributed by atoms with Crippen molar-refractivity contribution in [2.45, 2.75) is 31.1 Å². The lowest BCUT2D eigenvalue weighted by atomic mass is 10.00. The van der Waals surface area contributed by atoms with Crippen LogP contribution in [0.2, 0.25) is 5.02 Å². The average molecular weight is 353 g/mol. The van der Waals surface area contributed by atoms with Crippen molar-refractivity contribution < 1.29 is 4.39 Å². The van der Waals surface area contributed by atoms with Crippen LogP contribution in [-0.4, -0.2) is 17.5 Å². The minimum absolute atomic E-state index is 0.0492. The Kier molecular flexibility index (Phi) is 5.36. The molecule has 1 aliphatic heterocycles. The molecule has 2 rings (SSSR count). The van der Waals surface area contributed by atoms with Crippen LogP contribution in [0, 0.1) is 5.82 Å². The van der Waals surface area contributed by atoms with E-state index in [0.717, 1.165) is 13.0 Å². The number of nitrogens with one attached hydrogen (secondary N) is 1. The van der Waals surface area contributed by atoms with Crippen LogP contribution in [0.25, 0.3) is 0 Å². The average Bonchev–Trinajstić information content (AvgIpc) is 2.88. The molecule has 0 amide bonds. The molecule has 2 unspecified atom stereocenters. The van der Waals surface area contributed by atoms with E-state index in [1.807, 2.05) is 30.8 Å². The third-order valence-electron chi connectivity index (χ3n) is 3.16. The molecule has 18 heavy (non-hydrogen) atoms. The molecule has 1 aliphatic rings. The summed E-state index contributed by atoms with van der Waals surface area (Å²) < 4.78 is 14.9. The highest BCUT2D eigenvalue weighted by atomic mass is 79.9. The normalized spacial score (nSPS) is 21.2. The Morgan fingerprint density at radius 2 is 2.39 bits per heavy atom. The Morgan fingerprint density at radius 1 is 1.61 bits per heavy atom. The second kappa shape index (κ2) is 6.60. The van der Waals surface area contributed by atoms with Gasteiger partial charge in [-0.05, 0) is 47.1 Å². The van der Waals surface area contributed by atoms with Gasteiger partial charge in [0.25, 0.3) is 0 Å². The summed E-state index contributed by atoms with van der Waals surface area (Å²) in [5.41, 5.74) is 0.685. The standard InChI is InChI=1S/C13H16BrClFNS/c1-2-17-13(10-4-3-7-18-10)8-5-6-9(14)11(15)12(8)16/h5-6,10,13,17H,2-4,7H2,1H3. The second-order valence-corrected chi connectivity index (χ2v) is 6.93. The Labute approximate surface area is 125 Å². The molecule has 0 aromatic heterocycles. The fourth-order valence-corrected chi connectivity index (χ4v) is 4.19. The minimum atomic E-state index is -0.301. The minimum Gasteiger partial charge on any atom is -0.309 e. The number of rotatable bonds is 4. The van der Waals surface area contributed by atoms with Crippen LogP contribution >= 0.6 is 39.3 Å². The van der Waals surface area contributed by atoms with Gasteiger partial charge in [-0.1, -0.05) is 24.6 Å². The van der Waals surface area contributed by atoms with Crippen LogP contribution in [0.3, 0.4) is 0 Å². The van der Waals surface area contributed by atoms with E-state index < -0.39 is 0 Å². The van der Waals surface area contributed by atoms with Crippen molar-refractivity contribution in [2.75, 3.05) is 12.3 Å². The molecule has 1 nitrogen and oxygen atoms in total. The summed E-state index contributed by atoms with van der Waals surface area (Å²) in [6.07, 6.45) is 2.35. The van der Waals surface area contributed by atoms with Crippen LogP contribution < -0.4 is 5.32 Å².